The van der Waals surface area contributed by atoms with E-state index in [1.807, 2.05) is 19.1 Å². The van der Waals surface area contributed by atoms with Crippen molar-refractivity contribution >= 4 is 56.8 Å². The maximum Gasteiger partial charge on any atom is 0.261 e. The number of piperidine rings is 1. The van der Waals surface area contributed by atoms with Gasteiger partial charge in [0.05, 0.1) is 30.1 Å². The highest BCUT2D eigenvalue weighted by Crippen LogP contribution is 2.37. The van der Waals surface area contributed by atoms with Crippen molar-refractivity contribution in [1.82, 2.24) is 24.8 Å². The lowest BCUT2D eigenvalue weighted by molar-refractivity contribution is -0.136. The van der Waals surface area contributed by atoms with E-state index in [1.165, 1.54) is 30.5 Å². The maximum atomic E-state index is 15.5. The molecule has 16 nitrogen and oxygen atoms in total. The van der Waals surface area contributed by atoms with Crippen LogP contribution >= 0.6 is 0 Å². The Labute approximate surface area is 372 Å². The van der Waals surface area contributed by atoms with Gasteiger partial charge in [-0.15, -0.1) is 0 Å². The molecule has 4 aromatic carbocycles. The third kappa shape index (κ3) is 9.18. The summed E-state index contributed by atoms with van der Waals surface area (Å²) in [7, 11) is 3.28. The van der Waals surface area contributed by atoms with Gasteiger partial charge in [-0.25, -0.2) is 14.4 Å². The topological polar surface area (TPSA) is 203 Å². The molecule has 2 atom stereocenters. The molecule has 0 aliphatic carbocycles. The molecule has 0 radical (unpaired) electrons. The maximum absolute atomic E-state index is 15.5. The minimum Gasteiger partial charge on any atom is -0.493 e. The first-order valence-corrected chi connectivity index (χ1v) is 21.4. The predicted molar refractivity (Wildman–Crippen MR) is 240 cm³/mol. The molecule has 6 aromatic rings. The number of halogens is 1. The Morgan fingerprint density at radius 2 is 1.77 bits per heavy atom. The number of fused-ring (bicyclic) bond motifs is 3. The van der Waals surface area contributed by atoms with Gasteiger partial charge in [0.15, 0.2) is 23.1 Å². The molecule has 8 rings (SSSR count). The van der Waals surface area contributed by atoms with E-state index >= 15 is 4.39 Å². The van der Waals surface area contributed by atoms with Gasteiger partial charge in [-0.05, 0) is 99.0 Å². The van der Waals surface area contributed by atoms with E-state index in [1.54, 1.807) is 54.9 Å². The number of imide groups is 1. The van der Waals surface area contributed by atoms with E-state index in [-0.39, 0.29) is 54.1 Å². The molecular weight excluding hydrogens is 838 g/mol. The first kappa shape index (κ1) is 44.2. The molecule has 65 heavy (non-hydrogen) atoms. The van der Waals surface area contributed by atoms with Gasteiger partial charge in [0, 0.05) is 60.2 Å². The van der Waals surface area contributed by atoms with E-state index in [2.05, 4.69) is 25.9 Å². The monoisotopic (exact) mass is 885 g/mol. The second-order valence-corrected chi connectivity index (χ2v) is 16.1. The summed E-state index contributed by atoms with van der Waals surface area (Å²) in [6.07, 6.45) is 4.16. The Bertz CT molecular complexity index is 2940. The van der Waals surface area contributed by atoms with Crippen LogP contribution in [-0.2, 0) is 29.6 Å². The van der Waals surface area contributed by atoms with Crippen LogP contribution in [0.5, 0.6) is 23.1 Å². The standard InChI is InChI=1S/C48H48FN7O9/c1-5-27-10-14-36-33(19-27)44(59)43(26(2)55(36)3)46(61)53-30-13-16-38(34(49)21-30)65-47-32-22-39(63-4)40(23-35(32)50-25-51-47)64-18-8-6-7-9-41(57)52-29-12-11-28-24-56(48(62)31(28)20-29)37-15-17-42(58)54-45(37)60/h10-14,16,19-23,25,37,41,52,57H,5-9,15,17-18,24H2,1-4H3,(H,53,61)(H,54,58,60). The number of aromatic nitrogens is 3. The van der Waals surface area contributed by atoms with Crippen LogP contribution in [0.3, 0.4) is 0 Å². The van der Waals surface area contributed by atoms with Crippen molar-refractivity contribution in [3.05, 3.63) is 117 Å². The number of hydrogen-bond acceptors (Lipinski definition) is 12. The predicted octanol–water partition coefficient (Wildman–Crippen LogP) is 6.68. The van der Waals surface area contributed by atoms with Crippen LogP contribution in [0.25, 0.3) is 21.8 Å². The number of carbonyl (C=O) groups excluding carboxylic acids is 4. The number of rotatable bonds is 16. The van der Waals surface area contributed by atoms with Crippen LogP contribution in [0.2, 0.25) is 0 Å². The number of methoxy groups -OCH3 is 1. The molecule has 2 aliphatic rings. The summed E-state index contributed by atoms with van der Waals surface area (Å²) in [5, 5.41) is 19.6. The Balaban J connectivity index is 0.837. The number of anilines is 2. The zero-order valence-electron chi connectivity index (χ0n) is 36.3. The molecule has 17 heteroatoms. The van der Waals surface area contributed by atoms with Crippen molar-refractivity contribution in [2.24, 2.45) is 7.05 Å². The molecule has 0 bridgehead atoms. The van der Waals surface area contributed by atoms with Crippen LogP contribution in [0.4, 0.5) is 15.8 Å². The molecule has 4 N–H and O–H groups in total. The molecule has 4 heterocycles. The van der Waals surface area contributed by atoms with Crippen LogP contribution in [0.1, 0.15) is 83.0 Å². The van der Waals surface area contributed by atoms with Gasteiger partial charge in [-0.3, -0.25) is 29.3 Å². The highest BCUT2D eigenvalue weighted by Gasteiger charge is 2.39. The minimum absolute atomic E-state index is 0.0277. The second kappa shape index (κ2) is 18.8. The molecule has 1 fully saturated rings. The Hall–Kier alpha value is -7.40. The summed E-state index contributed by atoms with van der Waals surface area (Å²) in [5.41, 5.74) is 4.13. The largest absolute Gasteiger partial charge is 0.493 e. The van der Waals surface area contributed by atoms with Gasteiger partial charge >= 0.3 is 0 Å². The number of hydrogen-bond donors (Lipinski definition) is 4. The Kier molecular flexibility index (Phi) is 12.8. The number of nitrogens with one attached hydrogen (secondary N) is 3. The molecule has 0 spiro atoms. The summed E-state index contributed by atoms with van der Waals surface area (Å²) in [6.45, 7) is 4.31. The first-order valence-electron chi connectivity index (χ1n) is 21.4. The van der Waals surface area contributed by atoms with E-state index in [0.29, 0.717) is 76.1 Å². The molecular formula is C48H48FN7O9. The van der Waals surface area contributed by atoms with E-state index in [0.717, 1.165) is 30.0 Å². The number of aryl methyl sites for hydroxylation is 2. The fourth-order valence-corrected chi connectivity index (χ4v) is 8.25. The molecule has 4 amide bonds. The third-order valence-corrected chi connectivity index (χ3v) is 11.9. The average molecular weight is 886 g/mol. The summed E-state index contributed by atoms with van der Waals surface area (Å²) in [6, 6.07) is 17.4. The zero-order valence-corrected chi connectivity index (χ0v) is 36.3. The quantitative estimate of drug-likeness (QED) is 0.0457. The number of pyridine rings is 1. The third-order valence-electron chi connectivity index (χ3n) is 11.9. The lowest BCUT2D eigenvalue weighted by Crippen LogP contribution is -2.52. The fraction of sp³-hybridized carbons (Fsp3) is 0.312. The molecule has 336 valence electrons. The summed E-state index contributed by atoms with van der Waals surface area (Å²) in [5.74, 6) is -1.81. The Morgan fingerprint density at radius 1 is 0.954 bits per heavy atom. The lowest BCUT2D eigenvalue weighted by Gasteiger charge is -2.29. The number of amides is 4. The number of ether oxygens (including phenoxy) is 3. The number of nitrogens with zero attached hydrogens (tertiary/aromatic N) is 4. The first-order chi connectivity index (χ1) is 31.3. The number of benzene rings is 4. The molecule has 2 aromatic heterocycles. The summed E-state index contributed by atoms with van der Waals surface area (Å²) in [4.78, 5) is 74.1. The second-order valence-electron chi connectivity index (χ2n) is 16.1. The number of aliphatic hydroxyl groups excluding tert-OH is 1. The zero-order chi connectivity index (χ0) is 45.9. The Morgan fingerprint density at radius 3 is 2.54 bits per heavy atom. The van der Waals surface area contributed by atoms with Crippen molar-refractivity contribution in [2.45, 2.75) is 77.6 Å². The van der Waals surface area contributed by atoms with E-state index in [9.17, 15) is 29.1 Å². The van der Waals surface area contributed by atoms with Gasteiger partial charge in [0.1, 0.15) is 24.2 Å². The van der Waals surface area contributed by atoms with Gasteiger partial charge in [0.2, 0.25) is 23.1 Å². The van der Waals surface area contributed by atoms with Gasteiger partial charge in [0.25, 0.3) is 11.8 Å². The van der Waals surface area contributed by atoms with Crippen LogP contribution < -0.4 is 35.6 Å². The van der Waals surface area contributed by atoms with Gasteiger partial charge in [-0.2, -0.15) is 0 Å². The highest BCUT2D eigenvalue weighted by molar-refractivity contribution is 6.07. The fourth-order valence-electron chi connectivity index (χ4n) is 8.25. The van der Waals surface area contributed by atoms with E-state index < -0.39 is 35.3 Å². The number of carbonyl (C=O) groups is 4. The lowest BCUT2D eigenvalue weighted by atomic mass is 10.0. The van der Waals surface area contributed by atoms with Crippen LogP contribution in [0.15, 0.2) is 77.9 Å². The van der Waals surface area contributed by atoms with Crippen molar-refractivity contribution in [3.8, 4) is 23.1 Å². The molecule has 1 saturated heterocycles. The van der Waals surface area contributed by atoms with Crippen molar-refractivity contribution < 1.29 is 42.9 Å². The number of aliphatic hydroxyl groups is 1. The van der Waals surface area contributed by atoms with Crippen LogP contribution in [-0.4, -0.2) is 74.2 Å². The molecule has 2 aliphatic heterocycles. The average Bonchev–Trinajstić information content (AvgIpc) is 3.61. The van der Waals surface area contributed by atoms with Crippen LogP contribution in [0, 0.1) is 12.7 Å². The highest BCUT2D eigenvalue weighted by atomic mass is 19.1. The van der Waals surface area contributed by atoms with Gasteiger partial charge in [-0.1, -0.05) is 19.1 Å². The van der Waals surface area contributed by atoms with Crippen molar-refractivity contribution in [2.75, 3.05) is 24.4 Å². The van der Waals surface area contributed by atoms with E-state index in [4.69, 9.17) is 14.2 Å². The smallest absolute Gasteiger partial charge is 0.261 e. The number of unbranched alkanes of at least 4 members (excludes halogenated alkanes) is 2. The summed E-state index contributed by atoms with van der Waals surface area (Å²) < 4.78 is 34.9. The summed E-state index contributed by atoms with van der Waals surface area (Å²) >= 11 is 0. The van der Waals surface area contributed by atoms with Crippen molar-refractivity contribution in [1.29, 1.82) is 0 Å². The normalized spacial score (nSPS) is 15.2. The molecule has 2 unspecified atom stereocenters. The molecule has 0 saturated carbocycles. The van der Waals surface area contributed by atoms with Gasteiger partial charge < -0.3 is 39.4 Å². The van der Waals surface area contributed by atoms with Crippen molar-refractivity contribution in [3.63, 3.8) is 0 Å². The SMILES string of the molecule is CCc1ccc2c(c1)c(=O)c(C(=O)Nc1ccc(Oc3ncnc4cc(OCCCCCC(O)Nc5ccc6c(c5)C(=O)N(C5CCC(=O)NC5=O)C6)c(OC)cc34)c(F)c1)c(C)n2C. The minimum atomic E-state index is -0.864.